The van der Waals surface area contributed by atoms with Crippen LogP contribution < -0.4 is 16.0 Å². The molecule has 1 aromatic rings. The lowest BCUT2D eigenvalue weighted by Gasteiger charge is -2.37. The number of nitrogens with zero attached hydrogens (tertiary/aromatic N) is 2. The fraction of sp³-hybridized carbons (Fsp3) is 0.583. The van der Waals surface area contributed by atoms with Gasteiger partial charge >= 0.3 is 6.18 Å². The van der Waals surface area contributed by atoms with Gasteiger partial charge in [0.2, 0.25) is 0 Å². The van der Waals surface area contributed by atoms with Crippen molar-refractivity contribution >= 4 is 11.5 Å². The third-order valence-corrected chi connectivity index (χ3v) is 3.05. The largest absolute Gasteiger partial charge is 0.420 e. The van der Waals surface area contributed by atoms with Crippen molar-refractivity contribution in [1.29, 1.82) is 0 Å². The Hall–Kier alpha value is -1.50. The summed E-state index contributed by atoms with van der Waals surface area (Å²) in [5, 5.41) is 3.27. The Labute approximate surface area is 109 Å². The molecule has 0 saturated carbocycles. The van der Waals surface area contributed by atoms with Crippen LogP contribution in [-0.4, -0.2) is 30.2 Å². The van der Waals surface area contributed by atoms with Gasteiger partial charge in [-0.25, -0.2) is 4.98 Å². The topological polar surface area (TPSA) is 54.2 Å². The number of halogens is 3. The first kappa shape index (κ1) is 13.9. The summed E-state index contributed by atoms with van der Waals surface area (Å²) < 4.78 is 39.1. The van der Waals surface area contributed by atoms with Gasteiger partial charge in [0.05, 0.1) is 11.9 Å². The van der Waals surface area contributed by atoms with E-state index in [0.717, 1.165) is 6.07 Å². The van der Waals surface area contributed by atoms with E-state index in [2.05, 4.69) is 10.3 Å². The molecular weight excluding hydrogens is 257 g/mol. The Morgan fingerprint density at radius 2 is 1.89 bits per heavy atom. The number of piperazine rings is 1. The maximum absolute atomic E-state index is 13.0. The number of pyridine rings is 1. The number of aromatic nitrogens is 1. The monoisotopic (exact) mass is 274 g/mol. The average Bonchev–Trinajstić information content (AvgIpc) is 2.26. The lowest BCUT2D eigenvalue weighted by Crippen LogP contribution is -2.54. The van der Waals surface area contributed by atoms with E-state index in [1.54, 1.807) is 4.90 Å². The molecule has 3 N–H and O–H groups in total. The van der Waals surface area contributed by atoms with Gasteiger partial charge < -0.3 is 16.0 Å². The summed E-state index contributed by atoms with van der Waals surface area (Å²) in [6.07, 6.45) is -3.18. The summed E-state index contributed by atoms with van der Waals surface area (Å²) in [4.78, 5) is 5.55. The smallest absolute Gasteiger partial charge is 0.397 e. The quantitative estimate of drug-likeness (QED) is 0.821. The molecule has 0 amide bonds. The first-order valence-corrected chi connectivity index (χ1v) is 6.11. The predicted octanol–water partition coefficient (Wildman–Crippen LogP) is 1.87. The fourth-order valence-electron chi connectivity index (χ4n) is 2.43. The van der Waals surface area contributed by atoms with Gasteiger partial charge in [0.15, 0.2) is 0 Å². The molecule has 0 aliphatic carbocycles. The molecule has 2 atom stereocenters. The van der Waals surface area contributed by atoms with Crippen LogP contribution in [0.1, 0.15) is 19.4 Å². The second-order valence-electron chi connectivity index (χ2n) is 5.01. The van der Waals surface area contributed by atoms with Crippen molar-refractivity contribution in [3.05, 3.63) is 17.8 Å². The molecule has 2 unspecified atom stereocenters. The molecule has 0 bridgehead atoms. The molecule has 0 spiro atoms. The van der Waals surface area contributed by atoms with Gasteiger partial charge in [-0.3, -0.25) is 0 Å². The van der Waals surface area contributed by atoms with E-state index in [-0.39, 0.29) is 23.6 Å². The Kier molecular flexibility index (Phi) is 3.58. The third-order valence-electron chi connectivity index (χ3n) is 3.05. The summed E-state index contributed by atoms with van der Waals surface area (Å²) in [7, 11) is 0. The molecule has 4 nitrogen and oxygen atoms in total. The molecule has 2 rings (SSSR count). The second-order valence-corrected chi connectivity index (χ2v) is 5.01. The molecule has 1 fully saturated rings. The van der Waals surface area contributed by atoms with E-state index >= 15 is 0 Å². The molecule has 1 aliphatic rings. The average molecular weight is 274 g/mol. The first-order valence-electron chi connectivity index (χ1n) is 6.11. The molecule has 2 heterocycles. The molecule has 1 aromatic heterocycles. The summed E-state index contributed by atoms with van der Waals surface area (Å²) in [6, 6.07) is 1.17. The summed E-state index contributed by atoms with van der Waals surface area (Å²) in [5.41, 5.74) is 4.67. The van der Waals surface area contributed by atoms with Crippen LogP contribution in [0.5, 0.6) is 0 Å². The Morgan fingerprint density at radius 3 is 2.42 bits per heavy atom. The van der Waals surface area contributed by atoms with Crippen molar-refractivity contribution in [2.75, 3.05) is 23.7 Å². The van der Waals surface area contributed by atoms with Gasteiger partial charge in [-0.1, -0.05) is 0 Å². The van der Waals surface area contributed by atoms with E-state index in [0.29, 0.717) is 13.1 Å². The number of nitrogen functional groups attached to an aromatic ring is 1. The number of nitrogens with one attached hydrogen (secondary N) is 1. The number of nitrogens with two attached hydrogens (primary N) is 1. The van der Waals surface area contributed by atoms with E-state index < -0.39 is 11.7 Å². The number of alkyl halides is 3. The molecule has 0 radical (unpaired) electrons. The highest BCUT2D eigenvalue weighted by Crippen LogP contribution is 2.36. The van der Waals surface area contributed by atoms with Crippen LogP contribution in [0.2, 0.25) is 0 Å². The standard InChI is InChI=1S/C12H17F3N4/c1-7-5-19(6-8(2)18-7)11-10(12(13,14)15)3-9(16)4-17-11/h3-4,7-8,18H,5-6,16H2,1-2H3. The van der Waals surface area contributed by atoms with Crippen LogP contribution in [0.3, 0.4) is 0 Å². The first-order chi connectivity index (χ1) is 8.77. The van der Waals surface area contributed by atoms with Crippen molar-refractivity contribution in [2.45, 2.75) is 32.1 Å². The minimum atomic E-state index is -4.45. The van der Waals surface area contributed by atoms with Crippen molar-refractivity contribution < 1.29 is 13.2 Å². The highest BCUT2D eigenvalue weighted by Gasteiger charge is 2.37. The zero-order valence-corrected chi connectivity index (χ0v) is 10.8. The lowest BCUT2D eigenvalue weighted by atomic mass is 10.1. The van der Waals surface area contributed by atoms with Crippen LogP contribution in [0.25, 0.3) is 0 Å². The van der Waals surface area contributed by atoms with Gasteiger partial charge in [-0.05, 0) is 19.9 Å². The predicted molar refractivity (Wildman–Crippen MR) is 67.9 cm³/mol. The maximum atomic E-state index is 13.0. The maximum Gasteiger partial charge on any atom is 0.420 e. The molecule has 1 aliphatic heterocycles. The van der Waals surface area contributed by atoms with Crippen LogP contribution in [0, 0.1) is 0 Å². The lowest BCUT2D eigenvalue weighted by molar-refractivity contribution is -0.137. The van der Waals surface area contributed by atoms with E-state index in [1.165, 1.54) is 6.20 Å². The number of anilines is 2. The normalized spacial score (nSPS) is 24.6. The molecule has 19 heavy (non-hydrogen) atoms. The summed E-state index contributed by atoms with van der Waals surface area (Å²) >= 11 is 0. The van der Waals surface area contributed by atoms with Gasteiger partial charge in [-0.2, -0.15) is 13.2 Å². The molecular formula is C12H17F3N4. The zero-order valence-electron chi connectivity index (χ0n) is 10.8. The van der Waals surface area contributed by atoms with Crippen LogP contribution in [0.15, 0.2) is 12.3 Å². The molecule has 1 saturated heterocycles. The molecule has 7 heteroatoms. The van der Waals surface area contributed by atoms with Gasteiger partial charge in [-0.15, -0.1) is 0 Å². The SMILES string of the molecule is CC1CN(c2ncc(N)cc2C(F)(F)F)CC(C)N1. The van der Waals surface area contributed by atoms with Crippen LogP contribution >= 0.6 is 0 Å². The van der Waals surface area contributed by atoms with Crippen LogP contribution in [0.4, 0.5) is 24.7 Å². The van der Waals surface area contributed by atoms with Gasteiger partial charge in [0, 0.05) is 25.2 Å². The molecule has 106 valence electrons. The highest BCUT2D eigenvalue weighted by atomic mass is 19.4. The van der Waals surface area contributed by atoms with Crippen molar-refractivity contribution in [3.63, 3.8) is 0 Å². The Morgan fingerprint density at radius 1 is 1.32 bits per heavy atom. The fourth-order valence-corrected chi connectivity index (χ4v) is 2.43. The van der Waals surface area contributed by atoms with Crippen molar-refractivity contribution in [1.82, 2.24) is 10.3 Å². The van der Waals surface area contributed by atoms with Crippen molar-refractivity contribution in [2.24, 2.45) is 0 Å². The third kappa shape index (κ3) is 3.09. The number of hydrogen-bond acceptors (Lipinski definition) is 4. The van der Waals surface area contributed by atoms with Crippen molar-refractivity contribution in [3.8, 4) is 0 Å². The zero-order chi connectivity index (χ0) is 14.2. The minimum absolute atomic E-state index is 0.0207. The summed E-state index contributed by atoms with van der Waals surface area (Å²) in [6.45, 7) is 4.86. The highest BCUT2D eigenvalue weighted by molar-refractivity contribution is 5.55. The summed E-state index contributed by atoms with van der Waals surface area (Å²) in [5.74, 6) is -0.0399. The minimum Gasteiger partial charge on any atom is -0.397 e. The van der Waals surface area contributed by atoms with E-state index in [9.17, 15) is 13.2 Å². The van der Waals surface area contributed by atoms with Gasteiger partial charge in [0.1, 0.15) is 11.4 Å². The van der Waals surface area contributed by atoms with Gasteiger partial charge in [0.25, 0.3) is 0 Å². The van der Waals surface area contributed by atoms with E-state index in [1.807, 2.05) is 13.8 Å². The molecule has 0 aromatic carbocycles. The van der Waals surface area contributed by atoms with E-state index in [4.69, 9.17) is 5.73 Å². The second kappa shape index (κ2) is 4.88. The number of hydrogen-bond donors (Lipinski definition) is 2. The van der Waals surface area contributed by atoms with Crippen LogP contribution in [-0.2, 0) is 6.18 Å². The Bertz CT molecular complexity index is 451. The number of rotatable bonds is 1. The Balaban J connectivity index is 2.39.